The van der Waals surface area contributed by atoms with Gasteiger partial charge in [-0.2, -0.15) is 5.26 Å². The van der Waals surface area contributed by atoms with Crippen molar-refractivity contribution in [3.8, 4) is 6.07 Å². The number of ether oxygens (including phenoxy) is 1. The van der Waals surface area contributed by atoms with Gasteiger partial charge in [0.1, 0.15) is 0 Å². The van der Waals surface area contributed by atoms with Crippen molar-refractivity contribution in [2.75, 3.05) is 11.9 Å². The Morgan fingerprint density at radius 3 is 3.06 bits per heavy atom. The fourth-order valence-electron chi connectivity index (χ4n) is 2.22. The van der Waals surface area contributed by atoms with Crippen LogP contribution in [0.25, 0.3) is 0 Å². The van der Waals surface area contributed by atoms with Crippen molar-refractivity contribution in [3.05, 3.63) is 28.8 Å². The highest BCUT2D eigenvalue weighted by atomic mass is 35.5. The molecule has 2 rings (SSSR count). The Morgan fingerprint density at radius 1 is 1.56 bits per heavy atom. The number of hydrogen-bond donors (Lipinski definition) is 1. The van der Waals surface area contributed by atoms with Crippen molar-refractivity contribution in [3.63, 3.8) is 0 Å². The molecule has 0 amide bonds. The van der Waals surface area contributed by atoms with Crippen LogP contribution in [0.5, 0.6) is 0 Å². The van der Waals surface area contributed by atoms with Crippen LogP contribution >= 0.6 is 11.6 Å². The third kappa shape index (κ3) is 3.16. The summed E-state index contributed by atoms with van der Waals surface area (Å²) in [7, 11) is 0. The second kappa shape index (κ2) is 6.08. The second-order valence-corrected chi connectivity index (χ2v) is 4.98. The first kappa shape index (κ1) is 13.2. The molecule has 18 heavy (non-hydrogen) atoms. The third-order valence-corrected chi connectivity index (χ3v) is 3.59. The van der Waals surface area contributed by atoms with Crippen molar-refractivity contribution in [1.82, 2.24) is 0 Å². The molecule has 0 aromatic heterocycles. The van der Waals surface area contributed by atoms with Gasteiger partial charge >= 0.3 is 0 Å². The summed E-state index contributed by atoms with van der Waals surface area (Å²) >= 11 is 6.15. The SMILES string of the molecule is CCC1CC(Nc2ccc(C#N)cc2Cl)CCO1. The van der Waals surface area contributed by atoms with Crippen LogP contribution in [0.3, 0.4) is 0 Å². The van der Waals surface area contributed by atoms with Gasteiger partial charge in [-0.15, -0.1) is 0 Å². The molecule has 4 heteroatoms. The molecular formula is C14H17ClN2O. The molecule has 0 radical (unpaired) electrons. The van der Waals surface area contributed by atoms with Crippen molar-refractivity contribution in [2.24, 2.45) is 0 Å². The van der Waals surface area contributed by atoms with Crippen molar-refractivity contribution in [1.29, 1.82) is 5.26 Å². The number of anilines is 1. The molecule has 0 spiro atoms. The number of hydrogen-bond acceptors (Lipinski definition) is 3. The van der Waals surface area contributed by atoms with Gasteiger partial charge in [0.15, 0.2) is 0 Å². The molecule has 1 aliphatic rings. The Balaban J connectivity index is 2.03. The van der Waals surface area contributed by atoms with E-state index in [9.17, 15) is 0 Å². The topological polar surface area (TPSA) is 45.0 Å². The highest BCUT2D eigenvalue weighted by Gasteiger charge is 2.21. The van der Waals surface area contributed by atoms with Crippen LogP contribution in [0, 0.1) is 11.3 Å². The van der Waals surface area contributed by atoms with E-state index in [0.717, 1.165) is 31.6 Å². The van der Waals surface area contributed by atoms with Crippen LogP contribution in [0.2, 0.25) is 5.02 Å². The predicted molar refractivity (Wildman–Crippen MR) is 72.8 cm³/mol. The molecule has 96 valence electrons. The van der Waals surface area contributed by atoms with E-state index in [1.165, 1.54) is 0 Å². The van der Waals surface area contributed by atoms with Crippen LogP contribution in [0.15, 0.2) is 18.2 Å². The zero-order chi connectivity index (χ0) is 13.0. The summed E-state index contributed by atoms with van der Waals surface area (Å²) < 4.78 is 5.65. The van der Waals surface area contributed by atoms with Crippen LogP contribution in [0.4, 0.5) is 5.69 Å². The predicted octanol–water partition coefficient (Wildman–Crippen LogP) is 3.58. The average Bonchev–Trinajstić information content (AvgIpc) is 2.41. The molecule has 2 unspecified atom stereocenters. The van der Waals surface area contributed by atoms with Gasteiger partial charge in [-0.25, -0.2) is 0 Å². The monoisotopic (exact) mass is 264 g/mol. The average molecular weight is 265 g/mol. The Morgan fingerprint density at radius 2 is 2.39 bits per heavy atom. The minimum absolute atomic E-state index is 0.341. The minimum atomic E-state index is 0.341. The Kier molecular flexibility index (Phi) is 4.46. The van der Waals surface area contributed by atoms with E-state index in [4.69, 9.17) is 21.6 Å². The van der Waals surface area contributed by atoms with Crippen LogP contribution < -0.4 is 5.32 Å². The molecule has 0 bridgehead atoms. The lowest BCUT2D eigenvalue weighted by atomic mass is 10.0. The van der Waals surface area contributed by atoms with Gasteiger partial charge in [0.05, 0.1) is 28.4 Å². The molecule has 1 aromatic rings. The lowest BCUT2D eigenvalue weighted by molar-refractivity contribution is 0.00926. The van der Waals surface area contributed by atoms with Crippen molar-refractivity contribution in [2.45, 2.75) is 38.3 Å². The second-order valence-electron chi connectivity index (χ2n) is 4.57. The maximum absolute atomic E-state index is 8.80. The lowest BCUT2D eigenvalue weighted by Gasteiger charge is -2.30. The molecular weight excluding hydrogens is 248 g/mol. The molecule has 1 fully saturated rings. The van der Waals surface area contributed by atoms with Crippen LogP contribution in [0.1, 0.15) is 31.7 Å². The Labute approximate surface area is 113 Å². The number of halogens is 1. The van der Waals surface area contributed by atoms with Gasteiger partial charge in [0.25, 0.3) is 0 Å². The normalized spacial score (nSPS) is 23.4. The van der Waals surface area contributed by atoms with Gasteiger partial charge in [0.2, 0.25) is 0 Å². The maximum atomic E-state index is 8.80. The van der Waals surface area contributed by atoms with Gasteiger partial charge in [-0.1, -0.05) is 18.5 Å². The minimum Gasteiger partial charge on any atom is -0.381 e. The summed E-state index contributed by atoms with van der Waals surface area (Å²) in [4.78, 5) is 0. The van der Waals surface area contributed by atoms with Crippen molar-refractivity contribution < 1.29 is 4.74 Å². The van der Waals surface area contributed by atoms with Crippen molar-refractivity contribution >= 4 is 17.3 Å². The standard InChI is InChI=1S/C14H17ClN2O/c1-2-12-8-11(5-6-18-12)17-14-4-3-10(9-16)7-13(14)15/h3-4,7,11-12,17H,2,5-6,8H2,1H3. The number of nitrogens with one attached hydrogen (secondary N) is 1. The summed E-state index contributed by atoms with van der Waals surface area (Å²) in [6.07, 6.45) is 3.38. The summed E-state index contributed by atoms with van der Waals surface area (Å²) in [6, 6.07) is 7.83. The molecule has 1 aliphatic heterocycles. The van der Waals surface area contributed by atoms with Crippen LogP contribution in [-0.4, -0.2) is 18.8 Å². The van der Waals surface area contributed by atoms with Gasteiger partial charge in [-0.05, 0) is 37.5 Å². The first-order valence-corrected chi connectivity index (χ1v) is 6.68. The number of benzene rings is 1. The summed E-state index contributed by atoms with van der Waals surface area (Å²) in [5.74, 6) is 0. The third-order valence-electron chi connectivity index (χ3n) is 3.28. The molecule has 0 aliphatic carbocycles. The number of nitrogens with zero attached hydrogens (tertiary/aromatic N) is 1. The largest absolute Gasteiger partial charge is 0.381 e. The molecule has 1 N–H and O–H groups in total. The summed E-state index contributed by atoms with van der Waals surface area (Å²) in [5, 5.41) is 12.8. The maximum Gasteiger partial charge on any atom is 0.0992 e. The molecule has 1 aromatic carbocycles. The van der Waals surface area contributed by atoms with E-state index in [0.29, 0.717) is 22.7 Å². The highest BCUT2D eigenvalue weighted by molar-refractivity contribution is 6.33. The number of nitriles is 1. The zero-order valence-corrected chi connectivity index (χ0v) is 11.2. The smallest absolute Gasteiger partial charge is 0.0992 e. The zero-order valence-electron chi connectivity index (χ0n) is 10.4. The molecule has 1 saturated heterocycles. The van der Waals surface area contributed by atoms with E-state index in [1.807, 2.05) is 6.07 Å². The number of rotatable bonds is 3. The first-order chi connectivity index (χ1) is 8.72. The summed E-state index contributed by atoms with van der Waals surface area (Å²) in [5.41, 5.74) is 1.49. The molecule has 3 nitrogen and oxygen atoms in total. The lowest BCUT2D eigenvalue weighted by Crippen LogP contribution is -2.33. The highest BCUT2D eigenvalue weighted by Crippen LogP contribution is 2.26. The van der Waals surface area contributed by atoms with E-state index in [2.05, 4.69) is 18.3 Å². The molecule has 0 saturated carbocycles. The fourth-order valence-corrected chi connectivity index (χ4v) is 2.45. The van der Waals surface area contributed by atoms with Gasteiger partial charge in [-0.3, -0.25) is 0 Å². The quantitative estimate of drug-likeness (QED) is 0.908. The van der Waals surface area contributed by atoms with Gasteiger partial charge in [0, 0.05) is 12.6 Å². The van der Waals surface area contributed by atoms with E-state index < -0.39 is 0 Å². The molecule has 2 atom stereocenters. The van der Waals surface area contributed by atoms with Gasteiger partial charge < -0.3 is 10.1 Å². The van der Waals surface area contributed by atoms with E-state index in [1.54, 1.807) is 12.1 Å². The van der Waals surface area contributed by atoms with E-state index in [-0.39, 0.29) is 0 Å². The Bertz CT molecular complexity index is 456. The van der Waals surface area contributed by atoms with Crippen LogP contribution in [-0.2, 0) is 4.74 Å². The van der Waals surface area contributed by atoms with E-state index >= 15 is 0 Å². The Hall–Kier alpha value is -1.24. The fraction of sp³-hybridized carbons (Fsp3) is 0.500. The summed E-state index contributed by atoms with van der Waals surface area (Å²) in [6.45, 7) is 2.94. The molecule has 1 heterocycles. The first-order valence-electron chi connectivity index (χ1n) is 6.30.